The van der Waals surface area contributed by atoms with E-state index in [9.17, 15) is 14.4 Å². The third-order valence-electron chi connectivity index (χ3n) is 4.64. The first-order valence-corrected chi connectivity index (χ1v) is 10.3. The predicted octanol–water partition coefficient (Wildman–Crippen LogP) is 3.81. The highest BCUT2D eigenvalue weighted by atomic mass is 16.5. The monoisotopic (exact) mass is 425 g/mol. The highest BCUT2D eigenvalue weighted by molar-refractivity contribution is 5.97. The van der Waals surface area contributed by atoms with Gasteiger partial charge in [-0.05, 0) is 54.3 Å². The topological polar surface area (TPSA) is 96.5 Å². The Kier molecular flexibility index (Phi) is 7.80. The number of carbonyl (C=O) groups is 3. The number of amides is 3. The van der Waals surface area contributed by atoms with E-state index in [2.05, 4.69) is 36.9 Å². The lowest BCUT2D eigenvalue weighted by Gasteiger charge is -2.20. The molecule has 1 atom stereocenters. The zero-order valence-electron chi connectivity index (χ0n) is 18.9. The van der Waals surface area contributed by atoms with E-state index in [0.717, 1.165) is 0 Å². The summed E-state index contributed by atoms with van der Waals surface area (Å²) in [6, 6.07) is 14.0. The lowest BCUT2D eigenvalue weighted by atomic mass is 9.87. The van der Waals surface area contributed by atoms with Gasteiger partial charge in [0.05, 0.1) is 0 Å². The first-order chi connectivity index (χ1) is 14.5. The quantitative estimate of drug-likeness (QED) is 0.613. The van der Waals surface area contributed by atoms with Crippen LogP contribution in [0.15, 0.2) is 48.5 Å². The lowest BCUT2D eigenvalue weighted by Crippen LogP contribution is -2.47. The number of hydrogen-bond donors (Lipinski definition) is 3. The van der Waals surface area contributed by atoms with Crippen molar-refractivity contribution in [1.82, 2.24) is 10.9 Å². The van der Waals surface area contributed by atoms with Gasteiger partial charge in [0.25, 0.3) is 11.8 Å². The average molecular weight is 426 g/mol. The van der Waals surface area contributed by atoms with Crippen LogP contribution in [0.5, 0.6) is 5.75 Å². The standard InChI is InChI=1S/C24H31N3O4/c1-15(2)21(28)25-19-11-7-17(8-12-19)23(30)27-26-22(29)16(3)31-20-13-9-18(10-14-20)24(4,5)6/h7-16H,1-6H3,(H,25,28)(H,26,29)(H,27,30). The minimum atomic E-state index is -0.797. The molecule has 2 rings (SSSR count). The van der Waals surface area contributed by atoms with Crippen molar-refractivity contribution in [1.29, 1.82) is 0 Å². The molecule has 0 aromatic heterocycles. The van der Waals surface area contributed by atoms with Gasteiger partial charge in [0.15, 0.2) is 6.10 Å². The molecule has 2 aromatic rings. The van der Waals surface area contributed by atoms with Gasteiger partial charge < -0.3 is 10.1 Å². The highest BCUT2D eigenvalue weighted by Crippen LogP contribution is 2.24. The summed E-state index contributed by atoms with van der Waals surface area (Å²) in [5.74, 6) is -0.628. The maximum Gasteiger partial charge on any atom is 0.279 e. The molecule has 7 nitrogen and oxygen atoms in total. The molecular weight excluding hydrogens is 394 g/mol. The van der Waals surface area contributed by atoms with Crippen LogP contribution < -0.4 is 20.9 Å². The Bertz CT molecular complexity index is 913. The molecule has 0 aliphatic rings. The van der Waals surface area contributed by atoms with Crippen LogP contribution in [0, 0.1) is 5.92 Å². The summed E-state index contributed by atoms with van der Waals surface area (Å²) in [6.45, 7) is 11.6. The van der Waals surface area contributed by atoms with E-state index in [0.29, 0.717) is 17.0 Å². The molecule has 31 heavy (non-hydrogen) atoms. The van der Waals surface area contributed by atoms with Gasteiger partial charge in [-0.25, -0.2) is 0 Å². The molecule has 1 unspecified atom stereocenters. The molecule has 0 bridgehead atoms. The average Bonchev–Trinajstić information content (AvgIpc) is 2.71. The number of ether oxygens (including phenoxy) is 1. The van der Waals surface area contributed by atoms with E-state index in [1.807, 2.05) is 24.3 Å². The van der Waals surface area contributed by atoms with E-state index in [4.69, 9.17) is 4.74 Å². The summed E-state index contributed by atoms with van der Waals surface area (Å²) >= 11 is 0. The first-order valence-electron chi connectivity index (χ1n) is 10.3. The van der Waals surface area contributed by atoms with Gasteiger partial charge in [-0.2, -0.15) is 0 Å². The number of hydrogen-bond acceptors (Lipinski definition) is 4. The normalized spacial score (nSPS) is 12.1. The van der Waals surface area contributed by atoms with Crippen LogP contribution in [-0.2, 0) is 15.0 Å². The maximum absolute atomic E-state index is 12.3. The van der Waals surface area contributed by atoms with Crippen molar-refractivity contribution in [2.45, 2.75) is 53.1 Å². The fourth-order valence-corrected chi connectivity index (χ4v) is 2.57. The minimum absolute atomic E-state index is 0.0318. The Labute approximate surface area is 183 Å². The van der Waals surface area contributed by atoms with E-state index >= 15 is 0 Å². The van der Waals surface area contributed by atoms with Gasteiger partial charge in [0, 0.05) is 17.2 Å². The van der Waals surface area contributed by atoms with Gasteiger partial charge in [-0.1, -0.05) is 46.8 Å². The summed E-state index contributed by atoms with van der Waals surface area (Å²) in [4.78, 5) is 36.2. The van der Waals surface area contributed by atoms with Crippen molar-refractivity contribution < 1.29 is 19.1 Å². The molecule has 0 saturated heterocycles. The number of hydrazine groups is 1. The van der Waals surface area contributed by atoms with Crippen LogP contribution in [0.3, 0.4) is 0 Å². The third kappa shape index (κ3) is 7.13. The SMILES string of the molecule is CC(C)C(=O)Nc1ccc(C(=O)NNC(=O)C(C)Oc2ccc(C(C)(C)C)cc2)cc1. The second-order valence-electron chi connectivity index (χ2n) is 8.70. The molecule has 3 N–H and O–H groups in total. The van der Waals surface area contributed by atoms with Crippen LogP contribution in [0.4, 0.5) is 5.69 Å². The molecule has 0 heterocycles. The van der Waals surface area contributed by atoms with Gasteiger partial charge >= 0.3 is 0 Å². The number of anilines is 1. The van der Waals surface area contributed by atoms with Crippen molar-refractivity contribution in [3.8, 4) is 5.75 Å². The number of benzene rings is 2. The largest absolute Gasteiger partial charge is 0.481 e. The first kappa shape index (κ1) is 23.9. The second kappa shape index (κ2) is 10.1. The molecule has 3 amide bonds. The predicted molar refractivity (Wildman–Crippen MR) is 121 cm³/mol. The summed E-state index contributed by atoms with van der Waals surface area (Å²) < 4.78 is 5.65. The molecule has 166 valence electrons. The number of carbonyl (C=O) groups excluding carboxylic acids is 3. The van der Waals surface area contributed by atoms with Gasteiger partial charge in [0.1, 0.15) is 5.75 Å². The highest BCUT2D eigenvalue weighted by Gasteiger charge is 2.17. The summed E-state index contributed by atoms with van der Waals surface area (Å²) in [6.07, 6.45) is -0.797. The lowest BCUT2D eigenvalue weighted by molar-refractivity contribution is -0.128. The maximum atomic E-state index is 12.3. The Morgan fingerprint density at radius 2 is 1.39 bits per heavy atom. The summed E-state index contributed by atoms with van der Waals surface area (Å²) in [5.41, 5.74) is 6.87. The molecule has 0 radical (unpaired) electrons. The fraction of sp³-hybridized carbons (Fsp3) is 0.375. The second-order valence-corrected chi connectivity index (χ2v) is 8.70. The van der Waals surface area contributed by atoms with E-state index in [1.165, 1.54) is 5.56 Å². The molecule has 0 saturated carbocycles. The van der Waals surface area contributed by atoms with Crippen LogP contribution >= 0.6 is 0 Å². The minimum Gasteiger partial charge on any atom is -0.481 e. The van der Waals surface area contributed by atoms with Crippen LogP contribution in [0.1, 0.15) is 57.5 Å². The number of rotatable bonds is 6. The van der Waals surface area contributed by atoms with Crippen molar-refractivity contribution in [2.24, 2.45) is 5.92 Å². The van der Waals surface area contributed by atoms with Crippen molar-refractivity contribution in [3.63, 3.8) is 0 Å². The molecule has 7 heteroatoms. The fourth-order valence-electron chi connectivity index (χ4n) is 2.57. The molecule has 0 aliphatic heterocycles. The molecule has 0 spiro atoms. The molecule has 2 aromatic carbocycles. The summed E-state index contributed by atoms with van der Waals surface area (Å²) in [7, 11) is 0. The zero-order chi connectivity index (χ0) is 23.2. The Balaban J connectivity index is 1.85. The van der Waals surface area contributed by atoms with Gasteiger partial charge in [0.2, 0.25) is 5.91 Å². The van der Waals surface area contributed by atoms with E-state index in [1.54, 1.807) is 45.0 Å². The van der Waals surface area contributed by atoms with E-state index in [-0.39, 0.29) is 17.2 Å². The Morgan fingerprint density at radius 3 is 1.90 bits per heavy atom. The van der Waals surface area contributed by atoms with E-state index < -0.39 is 17.9 Å². The van der Waals surface area contributed by atoms with Gasteiger partial charge in [-0.3, -0.25) is 25.2 Å². The molecular formula is C24H31N3O4. The third-order valence-corrected chi connectivity index (χ3v) is 4.64. The van der Waals surface area contributed by atoms with Crippen molar-refractivity contribution in [3.05, 3.63) is 59.7 Å². The van der Waals surface area contributed by atoms with Crippen molar-refractivity contribution in [2.75, 3.05) is 5.32 Å². The Morgan fingerprint density at radius 1 is 0.806 bits per heavy atom. The molecule has 0 aliphatic carbocycles. The van der Waals surface area contributed by atoms with Gasteiger partial charge in [-0.15, -0.1) is 0 Å². The molecule has 0 fully saturated rings. The zero-order valence-corrected chi connectivity index (χ0v) is 18.9. The van der Waals surface area contributed by atoms with Crippen molar-refractivity contribution >= 4 is 23.4 Å². The number of nitrogens with one attached hydrogen (secondary N) is 3. The van der Waals surface area contributed by atoms with Crippen LogP contribution in [0.25, 0.3) is 0 Å². The summed E-state index contributed by atoms with van der Waals surface area (Å²) in [5, 5.41) is 2.75. The smallest absolute Gasteiger partial charge is 0.279 e. The van der Waals surface area contributed by atoms with Crippen LogP contribution in [0.2, 0.25) is 0 Å². The van der Waals surface area contributed by atoms with Crippen LogP contribution in [-0.4, -0.2) is 23.8 Å². The Hall–Kier alpha value is -3.35.